The van der Waals surface area contributed by atoms with Crippen molar-refractivity contribution >= 4 is 28.5 Å². The maximum atomic E-state index is 12.9. The van der Waals surface area contributed by atoms with Crippen LogP contribution >= 0.6 is 0 Å². The smallest absolute Gasteiger partial charge is 0.417 e. The van der Waals surface area contributed by atoms with E-state index in [4.69, 9.17) is 15.3 Å². The van der Waals surface area contributed by atoms with Gasteiger partial charge in [-0.3, -0.25) is 9.59 Å². The van der Waals surface area contributed by atoms with E-state index >= 15 is 0 Å². The van der Waals surface area contributed by atoms with E-state index in [2.05, 4.69) is 5.32 Å². The third-order valence-corrected chi connectivity index (χ3v) is 3.32. The van der Waals surface area contributed by atoms with Gasteiger partial charge in [-0.1, -0.05) is 0 Å². The maximum absolute atomic E-state index is 12.9. The van der Waals surface area contributed by atoms with E-state index < -0.39 is 35.3 Å². The minimum absolute atomic E-state index is 0.0609. The Bertz CT molecular complexity index is 876. The van der Waals surface area contributed by atoms with Crippen molar-refractivity contribution in [1.82, 2.24) is 0 Å². The van der Waals surface area contributed by atoms with Gasteiger partial charge in [0.05, 0.1) is 11.6 Å². The highest BCUT2D eigenvalue weighted by Gasteiger charge is 2.33. The lowest BCUT2D eigenvalue weighted by Gasteiger charge is -2.13. The van der Waals surface area contributed by atoms with Crippen molar-refractivity contribution in [3.63, 3.8) is 0 Å². The van der Waals surface area contributed by atoms with E-state index in [1.54, 1.807) is 0 Å². The summed E-state index contributed by atoms with van der Waals surface area (Å²) in [5, 5.41) is 10.6. The Morgan fingerprint density at radius 1 is 1.28 bits per heavy atom. The van der Waals surface area contributed by atoms with Crippen molar-refractivity contribution in [2.75, 3.05) is 5.32 Å². The normalized spacial score (nSPS) is 12.8. The number of fused-ring (bicyclic) bond motifs is 1. The lowest BCUT2D eigenvalue weighted by molar-refractivity contribution is -0.137. The SMILES string of the molecule is NC(CCC(=O)O)C(=O)Nc1ccc2c(C(F)(F)F)cc(=O)oc2c1. The minimum Gasteiger partial charge on any atom is -0.481 e. The molecule has 0 aliphatic rings. The number of amides is 1. The van der Waals surface area contributed by atoms with E-state index in [-0.39, 0.29) is 29.5 Å². The number of nitrogens with one attached hydrogen (secondary N) is 1. The van der Waals surface area contributed by atoms with Crippen LogP contribution < -0.4 is 16.7 Å². The molecule has 2 aromatic rings. The summed E-state index contributed by atoms with van der Waals surface area (Å²) >= 11 is 0. The Morgan fingerprint density at radius 2 is 1.96 bits per heavy atom. The Balaban J connectivity index is 2.28. The number of carboxylic acid groups (broad SMARTS) is 1. The average Bonchev–Trinajstić information content (AvgIpc) is 2.50. The lowest BCUT2D eigenvalue weighted by Crippen LogP contribution is -2.36. The van der Waals surface area contributed by atoms with Gasteiger partial charge in [-0.15, -0.1) is 0 Å². The highest BCUT2D eigenvalue weighted by molar-refractivity contribution is 5.96. The van der Waals surface area contributed by atoms with Gasteiger partial charge in [0.1, 0.15) is 5.58 Å². The Morgan fingerprint density at radius 3 is 2.56 bits per heavy atom. The summed E-state index contributed by atoms with van der Waals surface area (Å²) in [5.74, 6) is -1.83. The molecule has 4 N–H and O–H groups in total. The van der Waals surface area contributed by atoms with Crippen molar-refractivity contribution in [2.45, 2.75) is 25.1 Å². The Labute approximate surface area is 138 Å². The molecule has 0 aliphatic heterocycles. The number of carbonyl (C=O) groups is 2. The van der Waals surface area contributed by atoms with E-state index in [0.29, 0.717) is 6.07 Å². The number of benzene rings is 1. The molecule has 7 nitrogen and oxygen atoms in total. The summed E-state index contributed by atoms with van der Waals surface area (Å²) in [7, 11) is 0. The van der Waals surface area contributed by atoms with Crippen LogP contribution in [0, 0.1) is 0 Å². The molecule has 1 atom stereocenters. The summed E-state index contributed by atoms with van der Waals surface area (Å²) < 4.78 is 43.6. The molecule has 134 valence electrons. The van der Waals surface area contributed by atoms with Crippen molar-refractivity contribution in [3.8, 4) is 0 Å². The summed E-state index contributed by atoms with van der Waals surface area (Å²) in [5.41, 5.74) is 2.92. The summed E-state index contributed by atoms with van der Waals surface area (Å²) in [6.45, 7) is 0. The molecule has 10 heteroatoms. The van der Waals surface area contributed by atoms with Crippen LogP contribution in [-0.4, -0.2) is 23.0 Å². The lowest BCUT2D eigenvalue weighted by atomic mass is 10.1. The molecule has 25 heavy (non-hydrogen) atoms. The third-order valence-electron chi connectivity index (χ3n) is 3.32. The van der Waals surface area contributed by atoms with Gasteiger partial charge >= 0.3 is 17.8 Å². The predicted molar refractivity (Wildman–Crippen MR) is 81.0 cm³/mol. The highest BCUT2D eigenvalue weighted by atomic mass is 19.4. The first-order valence-electron chi connectivity index (χ1n) is 7.01. The average molecular weight is 358 g/mol. The molecule has 1 aromatic carbocycles. The van der Waals surface area contributed by atoms with E-state index in [9.17, 15) is 27.6 Å². The molecular formula is C15H13F3N2O5. The summed E-state index contributed by atoms with van der Waals surface area (Å²) in [6.07, 6.45) is -5.16. The number of halogens is 3. The second-order valence-electron chi connectivity index (χ2n) is 5.22. The zero-order chi connectivity index (χ0) is 18.8. The number of carbonyl (C=O) groups excluding carboxylic acids is 1. The molecule has 0 saturated carbocycles. The molecule has 0 saturated heterocycles. The topological polar surface area (TPSA) is 123 Å². The number of carboxylic acids is 1. The quantitative estimate of drug-likeness (QED) is 0.702. The highest BCUT2D eigenvalue weighted by Crippen LogP contribution is 2.34. The maximum Gasteiger partial charge on any atom is 0.417 e. The second-order valence-corrected chi connectivity index (χ2v) is 5.22. The fourth-order valence-electron chi connectivity index (χ4n) is 2.12. The minimum atomic E-state index is -4.74. The van der Waals surface area contributed by atoms with Gasteiger partial charge in [-0.05, 0) is 18.6 Å². The number of hydrogen-bond donors (Lipinski definition) is 3. The number of nitrogens with two attached hydrogens (primary N) is 1. The Kier molecular flexibility index (Phi) is 5.12. The summed E-state index contributed by atoms with van der Waals surface area (Å²) in [6, 6.07) is 2.55. The van der Waals surface area contributed by atoms with Crippen molar-refractivity contribution in [1.29, 1.82) is 0 Å². The molecule has 2 rings (SSSR count). The third kappa shape index (κ3) is 4.57. The number of anilines is 1. The predicted octanol–water partition coefficient (Wildman–Crippen LogP) is 1.94. The number of rotatable bonds is 5. The van der Waals surface area contributed by atoms with Crippen molar-refractivity contribution in [2.24, 2.45) is 5.73 Å². The number of aliphatic carboxylic acids is 1. The van der Waals surface area contributed by atoms with Crippen LogP contribution in [0.25, 0.3) is 11.0 Å². The van der Waals surface area contributed by atoms with Crippen LogP contribution in [0.15, 0.2) is 33.5 Å². The van der Waals surface area contributed by atoms with E-state index in [1.807, 2.05) is 0 Å². The van der Waals surface area contributed by atoms with Gasteiger partial charge in [0.15, 0.2) is 0 Å². The van der Waals surface area contributed by atoms with Gasteiger partial charge in [-0.25, -0.2) is 4.79 Å². The largest absolute Gasteiger partial charge is 0.481 e. The van der Waals surface area contributed by atoms with Gasteiger partial charge in [0.25, 0.3) is 0 Å². The van der Waals surface area contributed by atoms with Crippen LogP contribution in [0.2, 0.25) is 0 Å². The van der Waals surface area contributed by atoms with E-state index in [0.717, 1.165) is 12.1 Å². The van der Waals surface area contributed by atoms with Gasteiger partial charge in [0.2, 0.25) is 5.91 Å². The zero-order valence-corrected chi connectivity index (χ0v) is 12.6. The molecule has 1 amide bonds. The zero-order valence-electron chi connectivity index (χ0n) is 12.6. The van der Waals surface area contributed by atoms with Crippen LogP contribution in [0.5, 0.6) is 0 Å². The molecule has 1 heterocycles. The van der Waals surface area contributed by atoms with Gasteiger partial charge in [0, 0.05) is 29.6 Å². The van der Waals surface area contributed by atoms with Crippen LogP contribution in [0.4, 0.5) is 18.9 Å². The molecule has 0 radical (unpaired) electrons. The molecule has 0 bridgehead atoms. The van der Waals surface area contributed by atoms with Crippen molar-refractivity contribution < 1.29 is 32.3 Å². The number of hydrogen-bond acceptors (Lipinski definition) is 5. The molecular weight excluding hydrogens is 345 g/mol. The van der Waals surface area contributed by atoms with Gasteiger partial charge in [-0.2, -0.15) is 13.2 Å². The first-order chi connectivity index (χ1) is 11.6. The standard InChI is InChI=1S/C15H13F3N2O5/c16-15(17,18)9-6-13(23)25-11-5-7(1-2-8(9)11)20-14(24)10(19)3-4-12(21)22/h1-2,5-6,10H,3-4,19H2,(H,20,24)(H,21,22). The fraction of sp³-hybridized carbons (Fsp3) is 0.267. The monoisotopic (exact) mass is 358 g/mol. The van der Waals surface area contributed by atoms with Gasteiger partial charge < -0.3 is 20.6 Å². The second kappa shape index (κ2) is 6.93. The van der Waals surface area contributed by atoms with Crippen molar-refractivity contribution in [3.05, 3.63) is 40.2 Å². The molecule has 0 spiro atoms. The first-order valence-corrected chi connectivity index (χ1v) is 7.01. The molecule has 0 fully saturated rings. The fourth-order valence-corrected chi connectivity index (χ4v) is 2.12. The van der Waals surface area contributed by atoms with E-state index in [1.165, 1.54) is 6.07 Å². The Hall–Kier alpha value is -2.88. The first kappa shape index (κ1) is 18.5. The molecule has 1 aromatic heterocycles. The van der Waals surface area contributed by atoms with Crippen LogP contribution in [0.3, 0.4) is 0 Å². The van der Waals surface area contributed by atoms with Crippen LogP contribution in [0.1, 0.15) is 18.4 Å². The number of alkyl halides is 3. The van der Waals surface area contributed by atoms with Crippen LogP contribution in [-0.2, 0) is 15.8 Å². The molecule has 0 aliphatic carbocycles. The summed E-state index contributed by atoms with van der Waals surface area (Å²) in [4.78, 5) is 33.6. The molecule has 1 unspecified atom stereocenters.